The van der Waals surface area contributed by atoms with Crippen LogP contribution in [0, 0.1) is 5.82 Å². The van der Waals surface area contributed by atoms with E-state index in [1.165, 1.54) is 31.2 Å². The van der Waals surface area contributed by atoms with E-state index in [0.29, 0.717) is 17.2 Å². The molecule has 2 N–H and O–H groups in total. The second-order valence-electron chi connectivity index (χ2n) is 5.63. The van der Waals surface area contributed by atoms with Gasteiger partial charge in [0.25, 0.3) is 11.8 Å². The molecule has 8 heteroatoms. The van der Waals surface area contributed by atoms with Gasteiger partial charge in [0.2, 0.25) is 0 Å². The molecule has 7 nitrogen and oxygen atoms in total. The van der Waals surface area contributed by atoms with Crippen LogP contribution in [0.25, 0.3) is 0 Å². The Kier molecular flexibility index (Phi) is 6.99. The van der Waals surface area contributed by atoms with Crippen molar-refractivity contribution in [3.63, 3.8) is 0 Å². The van der Waals surface area contributed by atoms with Crippen LogP contribution >= 0.6 is 0 Å². The van der Waals surface area contributed by atoms with Crippen molar-refractivity contribution in [3.05, 3.63) is 54.3 Å². The number of carbonyl (C=O) groups is 2. The second-order valence-corrected chi connectivity index (χ2v) is 5.63. The molecule has 2 amide bonds. The number of methoxy groups -OCH3 is 1. The highest BCUT2D eigenvalue weighted by atomic mass is 19.1. The summed E-state index contributed by atoms with van der Waals surface area (Å²) in [5.74, 6) is -0.0173. The van der Waals surface area contributed by atoms with Crippen LogP contribution in [-0.2, 0) is 9.59 Å². The lowest BCUT2D eigenvalue weighted by Crippen LogP contribution is -2.50. The number of rotatable bonds is 7. The van der Waals surface area contributed by atoms with E-state index >= 15 is 0 Å². The Morgan fingerprint density at radius 1 is 0.778 bits per heavy atom. The third-order valence-corrected chi connectivity index (χ3v) is 3.55. The zero-order chi connectivity index (χ0) is 19.8. The first-order valence-corrected chi connectivity index (χ1v) is 8.21. The van der Waals surface area contributed by atoms with Crippen LogP contribution in [-0.4, -0.2) is 31.1 Å². The average Bonchev–Trinajstić information content (AvgIpc) is 2.68. The minimum absolute atomic E-state index is 0.335. The summed E-state index contributed by atoms with van der Waals surface area (Å²) >= 11 is 0. The van der Waals surface area contributed by atoms with E-state index in [-0.39, 0.29) is 0 Å². The SMILES string of the molecule is COc1ccc(O[C@H](C)C(=O)NNC(=O)[C@@H](C)Oc2ccc(F)cc2)cc1. The number of hydrogen-bond donors (Lipinski definition) is 2. The lowest BCUT2D eigenvalue weighted by Gasteiger charge is -2.17. The van der Waals surface area contributed by atoms with E-state index in [0.717, 1.165) is 0 Å². The maximum atomic E-state index is 12.9. The minimum Gasteiger partial charge on any atom is -0.497 e. The average molecular weight is 376 g/mol. The van der Waals surface area contributed by atoms with Crippen LogP contribution < -0.4 is 25.1 Å². The van der Waals surface area contributed by atoms with Crippen LogP contribution in [0.15, 0.2) is 48.5 Å². The van der Waals surface area contributed by atoms with Crippen molar-refractivity contribution in [3.8, 4) is 17.2 Å². The van der Waals surface area contributed by atoms with Gasteiger partial charge in [0.05, 0.1) is 7.11 Å². The van der Waals surface area contributed by atoms with Crippen LogP contribution in [0.2, 0.25) is 0 Å². The fourth-order valence-electron chi connectivity index (χ4n) is 2.01. The molecule has 0 saturated carbocycles. The standard InChI is InChI=1S/C19H21FN2O5/c1-12(26-16-6-4-14(20)5-7-16)18(23)21-22-19(24)13(2)27-17-10-8-15(25-3)9-11-17/h4-13H,1-3H3,(H,21,23)(H,22,24)/t12-,13-/m1/s1. The Hall–Kier alpha value is -3.29. The van der Waals surface area contributed by atoms with Crippen molar-refractivity contribution in [2.45, 2.75) is 26.1 Å². The third kappa shape index (κ3) is 6.18. The molecule has 0 aromatic heterocycles. The number of nitrogens with one attached hydrogen (secondary N) is 2. The largest absolute Gasteiger partial charge is 0.497 e. The van der Waals surface area contributed by atoms with Gasteiger partial charge < -0.3 is 14.2 Å². The molecular weight excluding hydrogens is 355 g/mol. The summed E-state index contributed by atoms with van der Waals surface area (Å²) in [5.41, 5.74) is 4.53. The van der Waals surface area contributed by atoms with Gasteiger partial charge in [-0.15, -0.1) is 0 Å². The Morgan fingerprint density at radius 3 is 1.56 bits per heavy atom. The zero-order valence-electron chi connectivity index (χ0n) is 15.2. The predicted molar refractivity (Wildman–Crippen MR) is 95.9 cm³/mol. The van der Waals surface area contributed by atoms with Gasteiger partial charge in [-0.1, -0.05) is 0 Å². The first-order chi connectivity index (χ1) is 12.9. The maximum absolute atomic E-state index is 12.9. The Morgan fingerprint density at radius 2 is 1.15 bits per heavy atom. The lowest BCUT2D eigenvalue weighted by molar-refractivity contribution is -0.135. The van der Waals surface area contributed by atoms with Crippen molar-refractivity contribution in [2.24, 2.45) is 0 Å². The van der Waals surface area contributed by atoms with Gasteiger partial charge in [0, 0.05) is 0 Å². The summed E-state index contributed by atoms with van der Waals surface area (Å²) in [6.07, 6.45) is -1.74. The van der Waals surface area contributed by atoms with Crippen molar-refractivity contribution in [1.29, 1.82) is 0 Å². The van der Waals surface area contributed by atoms with E-state index in [4.69, 9.17) is 14.2 Å². The highest BCUT2D eigenvalue weighted by Gasteiger charge is 2.19. The third-order valence-electron chi connectivity index (χ3n) is 3.55. The van der Waals surface area contributed by atoms with Crippen molar-refractivity contribution in [2.75, 3.05) is 7.11 Å². The van der Waals surface area contributed by atoms with Crippen LogP contribution in [0.3, 0.4) is 0 Å². The van der Waals surface area contributed by atoms with Gasteiger partial charge in [0.15, 0.2) is 12.2 Å². The van der Waals surface area contributed by atoms with Crippen LogP contribution in [0.1, 0.15) is 13.8 Å². The van der Waals surface area contributed by atoms with Gasteiger partial charge in [-0.2, -0.15) is 0 Å². The molecule has 0 bridgehead atoms. The normalized spacial score (nSPS) is 12.4. The number of halogens is 1. The summed E-state index contributed by atoms with van der Waals surface area (Å²) in [6, 6.07) is 12.0. The Balaban J connectivity index is 1.78. The van der Waals surface area contributed by atoms with Gasteiger partial charge in [-0.05, 0) is 62.4 Å². The van der Waals surface area contributed by atoms with Gasteiger partial charge in [-0.25, -0.2) is 4.39 Å². The topological polar surface area (TPSA) is 85.9 Å². The van der Waals surface area contributed by atoms with Gasteiger partial charge >= 0.3 is 0 Å². The van der Waals surface area contributed by atoms with Crippen molar-refractivity contribution < 1.29 is 28.2 Å². The first kappa shape index (κ1) is 20.0. The van der Waals surface area contributed by atoms with Crippen molar-refractivity contribution >= 4 is 11.8 Å². The molecule has 2 rings (SSSR count). The fraction of sp³-hybridized carbons (Fsp3) is 0.263. The summed E-state index contributed by atoms with van der Waals surface area (Å²) in [4.78, 5) is 24.0. The number of carbonyl (C=O) groups excluding carboxylic acids is 2. The second kappa shape index (κ2) is 9.42. The number of amides is 2. The maximum Gasteiger partial charge on any atom is 0.279 e. The van der Waals surface area contributed by atoms with Gasteiger partial charge in [-0.3, -0.25) is 20.4 Å². The Bertz CT molecular complexity index is 765. The molecule has 0 saturated heterocycles. The van der Waals surface area contributed by atoms with E-state index in [9.17, 15) is 14.0 Å². The molecule has 0 heterocycles. The molecule has 0 aliphatic heterocycles. The van der Waals surface area contributed by atoms with Crippen LogP contribution in [0.4, 0.5) is 4.39 Å². The zero-order valence-corrected chi connectivity index (χ0v) is 15.2. The summed E-state index contributed by atoms with van der Waals surface area (Å²) in [5, 5.41) is 0. The Labute approximate surface area is 156 Å². The molecule has 0 aliphatic carbocycles. The monoisotopic (exact) mass is 376 g/mol. The van der Waals surface area contributed by atoms with Crippen LogP contribution in [0.5, 0.6) is 17.2 Å². The molecule has 27 heavy (non-hydrogen) atoms. The molecular formula is C19H21FN2O5. The number of hydrazine groups is 1. The quantitative estimate of drug-likeness (QED) is 0.724. The van der Waals surface area contributed by atoms with E-state index in [1.54, 1.807) is 38.3 Å². The van der Waals surface area contributed by atoms with Crippen molar-refractivity contribution in [1.82, 2.24) is 10.9 Å². The number of ether oxygens (including phenoxy) is 3. The molecule has 0 unspecified atom stereocenters. The van der Waals surface area contributed by atoms with E-state index < -0.39 is 29.8 Å². The molecule has 144 valence electrons. The summed E-state index contributed by atoms with van der Waals surface area (Å²) in [6.45, 7) is 3.05. The molecule has 2 atom stereocenters. The van der Waals surface area contributed by atoms with E-state index in [2.05, 4.69) is 10.9 Å². The smallest absolute Gasteiger partial charge is 0.279 e. The molecule has 0 spiro atoms. The molecule has 0 radical (unpaired) electrons. The summed E-state index contributed by atoms with van der Waals surface area (Å²) in [7, 11) is 1.55. The van der Waals surface area contributed by atoms with Gasteiger partial charge in [0.1, 0.15) is 23.1 Å². The molecule has 2 aromatic rings. The number of benzene rings is 2. The predicted octanol–water partition coefficient (Wildman–Crippen LogP) is 2.22. The lowest BCUT2D eigenvalue weighted by atomic mass is 10.3. The molecule has 0 aliphatic rings. The molecule has 0 fully saturated rings. The molecule has 2 aromatic carbocycles. The fourth-order valence-corrected chi connectivity index (χ4v) is 2.01. The summed E-state index contributed by atoms with van der Waals surface area (Å²) < 4.78 is 28.8. The van der Waals surface area contributed by atoms with E-state index in [1.807, 2.05) is 0 Å². The number of hydrogen-bond acceptors (Lipinski definition) is 5. The first-order valence-electron chi connectivity index (χ1n) is 8.21. The highest BCUT2D eigenvalue weighted by molar-refractivity contribution is 5.86. The minimum atomic E-state index is -0.895. The highest BCUT2D eigenvalue weighted by Crippen LogP contribution is 2.18.